The van der Waals surface area contributed by atoms with Gasteiger partial charge in [0.2, 0.25) is 0 Å². The number of nitrogens with zero attached hydrogens (tertiary/aromatic N) is 1. The summed E-state index contributed by atoms with van der Waals surface area (Å²) in [6, 6.07) is 0. The molecule has 0 N–H and O–H groups in total. The fraction of sp³-hybridized carbons (Fsp3) is 0.462. The average molecular weight is 263 g/mol. The van der Waals surface area contributed by atoms with Gasteiger partial charge in [-0.3, -0.25) is 9.59 Å². The van der Waals surface area contributed by atoms with Crippen LogP contribution >= 0.6 is 0 Å². The number of imide groups is 1. The molecule has 0 aliphatic carbocycles. The van der Waals surface area contributed by atoms with Gasteiger partial charge >= 0.3 is 5.97 Å². The van der Waals surface area contributed by atoms with Gasteiger partial charge in [-0.1, -0.05) is 17.7 Å². The van der Waals surface area contributed by atoms with Crippen molar-refractivity contribution >= 4 is 17.8 Å². The number of hydrogen-bond acceptors (Lipinski definition) is 5. The molecule has 3 heterocycles. The molecule has 2 bridgehead atoms. The third kappa shape index (κ3) is 1.71. The van der Waals surface area contributed by atoms with Crippen LogP contribution in [0.1, 0.15) is 13.8 Å². The van der Waals surface area contributed by atoms with Crippen LogP contribution in [0.3, 0.4) is 0 Å². The first-order valence-corrected chi connectivity index (χ1v) is 6.07. The van der Waals surface area contributed by atoms with E-state index in [1.807, 2.05) is 0 Å². The molecule has 100 valence electrons. The second-order valence-electron chi connectivity index (χ2n) is 5.10. The molecule has 2 fully saturated rings. The summed E-state index contributed by atoms with van der Waals surface area (Å²) in [7, 11) is 0. The number of carbonyl (C=O) groups excluding carboxylic acids is 3. The molecule has 0 saturated carbocycles. The van der Waals surface area contributed by atoms with E-state index in [4.69, 9.17) is 9.57 Å². The summed E-state index contributed by atoms with van der Waals surface area (Å²) in [6.07, 6.45) is 4.03. The molecule has 4 atom stereocenters. The first-order chi connectivity index (χ1) is 8.99. The maximum Gasteiger partial charge on any atom is 0.356 e. The highest BCUT2D eigenvalue weighted by molar-refractivity contribution is 6.06. The van der Waals surface area contributed by atoms with E-state index < -0.39 is 29.6 Å². The number of allylic oxidation sites excluding steroid dienone is 1. The second-order valence-corrected chi connectivity index (χ2v) is 5.10. The first kappa shape index (κ1) is 12.1. The van der Waals surface area contributed by atoms with Crippen LogP contribution < -0.4 is 0 Å². The van der Waals surface area contributed by atoms with Gasteiger partial charge in [0.05, 0.1) is 24.0 Å². The van der Waals surface area contributed by atoms with E-state index >= 15 is 0 Å². The van der Waals surface area contributed by atoms with E-state index in [2.05, 4.69) is 0 Å². The molecule has 3 aliphatic rings. The Bertz CT molecular complexity index is 501. The second kappa shape index (κ2) is 4.03. The monoisotopic (exact) mass is 263 g/mol. The Hall–Kier alpha value is -1.95. The molecule has 0 radical (unpaired) electrons. The van der Waals surface area contributed by atoms with E-state index in [0.717, 1.165) is 5.57 Å². The van der Waals surface area contributed by atoms with Crippen molar-refractivity contribution in [2.45, 2.75) is 26.1 Å². The Morgan fingerprint density at radius 1 is 1.21 bits per heavy atom. The zero-order valence-electron chi connectivity index (χ0n) is 10.5. The molecule has 2 amide bonds. The van der Waals surface area contributed by atoms with Crippen LogP contribution in [-0.2, 0) is 24.0 Å². The molecule has 0 aromatic carbocycles. The van der Waals surface area contributed by atoms with Crippen LogP contribution in [0.5, 0.6) is 0 Å². The summed E-state index contributed by atoms with van der Waals surface area (Å²) in [6.45, 7) is 3.45. The number of amides is 2. The van der Waals surface area contributed by atoms with Crippen molar-refractivity contribution in [1.82, 2.24) is 5.06 Å². The zero-order valence-corrected chi connectivity index (χ0v) is 10.5. The van der Waals surface area contributed by atoms with E-state index in [-0.39, 0.29) is 12.2 Å². The van der Waals surface area contributed by atoms with Gasteiger partial charge in [0.1, 0.15) is 0 Å². The maximum atomic E-state index is 12.1. The van der Waals surface area contributed by atoms with Crippen molar-refractivity contribution < 1.29 is 24.0 Å². The summed E-state index contributed by atoms with van der Waals surface area (Å²) < 4.78 is 5.47. The van der Waals surface area contributed by atoms with Crippen LogP contribution in [0, 0.1) is 11.8 Å². The Morgan fingerprint density at radius 3 is 2.21 bits per heavy atom. The Labute approximate surface area is 109 Å². The molecular weight excluding hydrogens is 250 g/mol. The zero-order chi connectivity index (χ0) is 13.7. The van der Waals surface area contributed by atoms with Crippen LogP contribution in [0.4, 0.5) is 0 Å². The summed E-state index contributed by atoms with van der Waals surface area (Å²) in [5, 5.41) is 0.590. The minimum absolute atomic E-state index is 0.376. The standard InChI is InChI=1S/C13H13NO5/c1-6(2)5-9(15)19-14-12(16)10-7-3-4-8(18-7)11(10)13(14)17/h3-5,7-8,10-11H,1-2H3/t7-,8-,10-,11-/m0/s1. The lowest BCUT2D eigenvalue weighted by molar-refractivity contribution is -0.196. The largest absolute Gasteiger partial charge is 0.365 e. The molecule has 6 heteroatoms. The van der Waals surface area contributed by atoms with Crippen molar-refractivity contribution in [3.63, 3.8) is 0 Å². The Balaban J connectivity index is 1.79. The smallest absolute Gasteiger partial charge is 0.356 e. The summed E-state index contributed by atoms with van der Waals surface area (Å²) in [4.78, 5) is 40.6. The van der Waals surface area contributed by atoms with Crippen molar-refractivity contribution in [1.29, 1.82) is 0 Å². The SMILES string of the molecule is CC(C)=CC(=O)ON1C(=O)[C@@H]2[C@@H](C1=O)[C@@H]1C=C[C@@H]2O1. The topological polar surface area (TPSA) is 72.9 Å². The van der Waals surface area contributed by atoms with Gasteiger partial charge in [0.15, 0.2) is 0 Å². The lowest BCUT2D eigenvalue weighted by Crippen LogP contribution is -2.36. The minimum Gasteiger partial charge on any atom is -0.365 e. The molecule has 2 saturated heterocycles. The fourth-order valence-electron chi connectivity index (χ4n) is 2.72. The summed E-state index contributed by atoms with van der Waals surface area (Å²) in [5.74, 6) is -2.82. The average Bonchev–Trinajstić information content (AvgIpc) is 2.97. The Morgan fingerprint density at radius 2 is 1.74 bits per heavy atom. The normalized spacial score (nSPS) is 34.7. The van der Waals surface area contributed by atoms with E-state index in [1.165, 1.54) is 6.08 Å². The van der Waals surface area contributed by atoms with E-state index in [9.17, 15) is 14.4 Å². The third-order valence-corrected chi connectivity index (χ3v) is 3.46. The molecule has 6 nitrogen and oxygen atoms in total. The van der Waals surface area contributed by atoms with Gasteiger partial charge < -0.3 is 9.57 Å². The van der Waals surface area contributed by atoms with Crippen molar-refractivity contribution in [2.24, 2.45) is 11.8 Å². The molecular formula is C13H13NO5. The van der Waals surface area contributed by atoms with Crippen molar-refractivity contribution in [3.8, 4) is 0 Å². The molecule has 0 aromatic heterocycles. The highest BCUT2D eigenvalue weighted by atomic mass is 16.7. The lowest BCUT2D eigenvalue weighted by atomic mass is 9.85. The molecule has 0 unspecified atom stereocenters. The quantitative estimate of drug-likeness (QED) is 0.408. The lowest BCUT2D eigenvalue weighted by Gasteiger charge is -2.15. The summed E-state index contributed by atoms with van der Waals surface area (Å²) >= 11 is 0. The highest BCUT2D eigenvalue weighted by Gasteiger charge is 2.62. The minimum atomic E-state index is -0.720. The van der Waals surface area contributed by atoms with Gasteiger partial charge in [0.25, 0.3) is 11.8 Å². The maximum absolute atomic E-state index is 12.1. The van der Waals surface area contributed by atoms with Gasteiger partial charge in [0, 0.05) is 6.08 Å². The number of ether oxygens (including phenoxy) is 1. The van der Waals surface area contributed by atoms with Gasteiger partial charge in [-0.05, 0) is 13.8 Å². The molecule has 0 aromatic rings. The molecule has 3 rings (SSSR count). The van der Waals surface area contributed by atoms with Crippen LogP contribution in [-0.4, -0.2) is 35.1 Å². The van der Waals surface area contributed by atoms with E-state index in [0.29, 0.717) is 5.06 Å². The van der Waals surface area contributed by atoms with Gasteiger partial charge in [-0.15, -0.1) is 5.06 Å². The van der Waals surface area contributed by atoms with Crippen molar-refractivity contribution in [3.05, 3.63) is 23.8 Å². The fourth-order valence-corrected chi connectivity index (χ4v) is 2.72. The third-order valence-electron chi connectivity index (χ3n) is 3.46. The predicted octanol–water partition coefficient (Wildman–Crippen LogP) is 0.349. The predicted molar refractivity (Wildman–Crippen MR) is 62.2 cm³/mol. The number of rotatable bonds is 2. The van der Waals surface area contributed by atoms with Crippen molar-refractivity contribution in [2.75, 3.05) is 0 Å². The number of fused-ring (bicyclic) bond motifs is 5. The molecule has 0 spiro atoms. The van der Waals surface area contributed by atoms with E-state index in [1.54, 1.807) is 26.0 Å². The van der Waals surface area contributed by atoms with Crippen LogP contribution in [0.2, 0.25) is 0 Å². The summed E-state index contributed by atoms with van der Waals surface area (Å²) in [5.41, 5.74) is 0.731. The van der Waals surface area contributed by atoms with Crippen LogP contribution in [0.25, 0.3) is 0 Å². The number of carbonyl (C=O) groups is 3. The van der Waals surface area contributed by atoms with Gasteiger partial charge in [-0.2, -0.15) is 0 Å². The first-order valence-electron chi connectivity index (χ1n) is 6.07. The molecule has 3 aliphatic heterocycles. The van der Waals surface area contributed by atoms with Crippen LogP contribution in [0.15, 0.2) is 23.8 Å². The van der Waals surface area contributed by atoms with Gasteiger partial charge in [-0.25, -0.2) is 4.79 Å². The highest BCUT2D eigenvalue weighted by Crippen LogP contribution is 2.45. The number of hydroxylamine groups is 2. The number of hydrogen-bond donors (Lipinski definition) is 0. The molecule has 19 heavy (non-hydrogen) atoms. The Kier molecular flexibility index (Phi) is 2.56.